The van der Waals surface area contributed by atoms with E-state index in [1.165, 1.54) is 0 Å². The first kappa shape index (κ1) is 28.1. The molecule has 0 unspecified atom stereocenters. The van der Waals surface area contributed by atoms with Gasteiger partial charge in [-0.1, -0.05) is 115 Å². The zero-order chi connectivity index (χ0) is 33.0. The predicted molar refractivity (Wildman–Crippen MR) is 201 cm³/mol. The summed E-state index contributed by atoms with van der Waals surface area (Å²) in [5, 5.41) is 4.57. The first-order valence-electron chi connectivity index (χ1n) is 16.6. The van der Waals surface area contributed by atoms with Crippen LogP contribution < -0.4 is 0 Å². The van der Waals surface area contributed by atoms with Crippen LogP contribution in [0.25, 0.3) is 94.9 Å². The molecule has 0 aliphatic carbocycles. The van der Waals surface area contributed by atoms with E-state index < -0.39 is 0 Å². The fraction of sp³-hybridized carbons (Fsp3) is 0. The Hall–Kier alpha value is -6.92. The van der Waals surface area contributed by atoms with E-state index in [1.54, 1.807) is 0 Å². The molecule has 6 aromatic carbocycles. The van der Waals surface area contributed by atoms with Crippen molar-refractivity contribution in [3.63, 3.8) is 0 Å². The molecule has 4 heterocycles. The average molecular weight is 642 g/mol. The van der Waals surface area contributed by atoms with Crippen molar-refractivity contribution in [2.24, 2.45) is 0 Å². The quantitative estimate of drug-likeness (QED) is 0.187. The van der Waals surface area contributed by atoms with Crippen molar-refractivity contribution in [2.75, 3.05) is 0 Å². The third-order valence-corrected chi connectivity index (χ3v) is 9.32. The lowest BCUT2D eigenvalue weighted by atomic mass is 9.98. The van der Waals surface area contributed by atoms with E-state index in [-0.39, 0.29) is 0 Å². The Morgan fingerprint density at radius 2 is 1.02 bits per heavy atom. The van der Waals surface area contributed by atoms with Gasteiger partial charge in [0.1, 0.15) is 17.0 Å². The number of nitrogens with zero attached hydrogens (tertiary/aromatic N) is 5. The minimum absolute atomic E-state index is 0.574. The van der Waals surface area contributed by atoms with Crippen molar-refractivity contribution in [3.8, 4) is 51.1 Å². The summed E-state index contributed by atoms with van der Waals surface area (Å²) in [6, 6.07) is 53.8. The van der Waals surface area contributed by atoms with Crippen LogP contribution in [0.1, 0.15) is 0 Å². The van der Waals surface area contributed by atoms with Gasteiger partial charge in [-0.25, -0.2) is 19.9 Å². The lowest BCUT2D eigenvalue weighted by Gasteiger charge is -2.10. The minimum atomic E-state index is 0.574. The van der Waals surface area contributed by atoms with Crippen LogP contribution in [0.15, 0.2) is 168 Å². The van der Waals surface area contributed by atoms with Gasteiger partial charge in [0, 0.05) is 44.4 Å². The Labute approximate surface area is 287 Å². The lowest BCUT2D eigenvalue weighted by molar-refractivity contribution is 0.669. The van der Waals surface area contributed by atoms with Gasteiger partial charge in [0.2, 0.25) is 0 Å². The zero-order valence-corrected chi connectivity index (χ0v) is 26.7. The van der Waals surface area contributed by atoms with E-state index in [1.807, 2.05) is 97.2 Å². The Bertz CT molecular complexity index is 2800. The Balaban J connectivity index is 1.10. The van der Waals surface area contributed by atoms with E-state index in [0.717, 1.165) is 77.4 Å². The third-order valence-electron chi connectivity index (χ3n) is 9.32. The molecule has 10 rings (SSSR count). The van der Waals surface area contributed by atoms with Gasteiger partial charge in [-0.3, -0.25) is 4.57 Å². The zero-order valence-electron chi connectivity index (χ0n) is 26.7. The SMILES string of the molecule is c1ccc(-c2nc(-c3ccccc3)nc(-c3ccc(-n4c5ccccc5c5cc(-c6cccc7oc8ccccc8c67)ccc54)nc3)n2)cc1. The number of hydrogen-bond acceptors (Lipinski definition) is 5. The molecule has 0 aliphatic heterocycles. The molecule has 0 atom stereocenters. The topological polar surface area (TPSA) is 69.6 Å². The number of pyridine rings is 1. The van der Waals surface area contributed by atoms with Crippen molar-refractivity contribution >= 4 is 43.7 Å². The second-order valence-electron chi connectivity index (χ2n) is 12.3. The van der Waals surface area contributed by atoms with Crippen LogP contribution in [-0.2, 0) is 0 Å². The van der Waals surface area contributed by atoms with Gasteiger partial charge in [-0.05, 0) is 53.6 Å². The van der Waals surface area contributed by atoms with Crippen molar-refractivity contribution in [3.05, 3.63) is 164 Å². The van der Waals surface area contributed by atoms with Crippen LogP contribution >= 0.6 is 0 Å². The molecule has 0 saturated heterocycles. The van der Waals surface area contributed by atoms with Crippen molar-refractivity contribution in [1.29, 1.82) is 0 Å². The molecule has 6 nitrogen and oxygen atoms in total. The van der Waals surface area contributed by atoms with Gasteiger partial charge in [0.05, 0.1) is 11.0 Å². The Kier molecular flexibility index (Phi) is 6.39. The molecule has 0 aliphatic rings. The Morgan fingerprint density at radius 1 is 0.420 bits per heavy atom. The molecule has 0 fully saturated rings. The molecule has 4 aromatic heterocycles. The molecule has 50 heavy (non-hydrogen) atoms. The van der Waals surface area contributed by atoms with Crippen LogP contribution in [0.2, 0.25) is 0 Å². The minimum Gasteiger partial charge on any atom is -0.456 e. The second-order valence-corrected chi connectivity index (χ2v) is 12.3. The van der Waals surface area contributed by atoms with E-state index >= 15 is 0 Å². The molecule has 10 aromatic rings. The molecule has 0 spiro atoms. The monoisotopic (exact) mass is 641 g/mol. The number of benzene rings is 6. The normalized spacial score (nSPS) is 11.6. The molecule has 0 radical (unpaired) electrons. The fourth-order valence-corrected chi connectivity index (χ4v) is 6.99. The van der Waals surface area contributed by atoms with Crippen LogP contribution in [0.5, 0.6) is 0 Å². The summed E-state index contributed by atoms with van der Waals surface area (Å²) in [6.07, 6.45) is 1.86. The molecular formula is C44H27N5O. The van der Waals surface area contributed by atoms with E-state index in [0.29, 0.717) is 17.5 Å². The Morgan fingerprint density at radius 3 is 1.74 bits per heavy atom. The van der Waals surface area contributed by atoms with Gasteiger partial charge in [0.15, 0.2) is 17.5 Å². The molecule has 0 amide bonds. The average Bonchev–Trinajstić information content (AvgIpc) is 3.74. The van der Waals surface area contributed by atoms with Crippen LogP contribution in [0, 0.1) is 0 Å². The third kappa shape index (κ3) is 4.58. The van der Waals surface area contributed by atoms with Gasteiger partial charge in [-0.15, -0.1) is 0 Å². The summed E-state index contributed by atoms with van der Waals surface area (Å²) in [5.74, 6) is 2.63. The lowest BCUT2D eigenvalue weighted by Crippen LogP contribution is -2.01. The van der Waals surface area contributed by atoms with Crippen molar-refractivity contribution in [2.45, 2.75) is 0 Å². The number of hydrogen-bond donors (Lipinski definition) is 0. The number of aromatic nitrogens is 5. The van der Waals surface area contributed by atoms with E-state index in [4.69, 9.17) is 24.4 Å². The highest BCUT2D eigenvalue weighted by Crippen LogP contribution is 2.39. The van der Waals surface area contributed by atoms with Crippen LogP contribution in [0.3, 0.4) is 0 Å². The van der Waals surface area contributed by atoms with Gasteiger partial charge >= 0.3 is 0 Å². The van der Waals surface area contributed by atoms with E-state index in [9.17, 15) is 0 Å². The highest BCUT2D eigenvalue weighted by Gasteiger charge is 2.18. The number of para-hydroxylation sites is 2. The standard InChI is InChI=1S/C44H27N5O/c1-3-12-28(13-4-1)42-46-43(29-14-5-2-6-15-29)48-44(47-42)31-23-25-40(45-27-31)49-36-19-9-7-16-33(36)35-26-30(22-24-37(35)49)32-18-11-21-39-41(32)34-17-8-10-20-38(34)50-39/h1-27H. The smallest absolute Gasteiger partial charge is 0.165 e. The number of fused-ring (bicyclic) bond motifs is 6. The molecule has 0 N–H and O–H groups in total. The first-order chi connectivity index (χ1) is 24.8. The summed E-state index contributed by atoms with van der Waals surface area (Å²) in [6.45, 7) is 0. The maximum absolute atomic E-state index is 6.21. The summed E-state index contributed by atoms with van der Waals surface area (Å²) in [5.41, 5.74) is 8.91. The summed E-state index contributed by atoms with van der Waals surface area (Å²) in [7, 11) is 0. The molecule has 0 saturated carbocycles. The molecule has 234 valence electrons. The second kappa shape index (κ2) is 11.4. The first-order valence-corrected chi connectivity index (χ1v) is 16.6. The molecule has 0 bridgehead atoms. The van der Waals surface area contributed by atoms with Crippen LogP contribution in [-0.4, -0.2) is 24.5 Å². The summed E-state index contributed by atoms with van der Waals surface area (Å²) >= 11 is 0. The van der Waals surface area contributed by atoms with Gasteiger partial charge < -0.3 is 4.42 Å². The van der Waals surface area contributed by atoms with Gasteiger partial charge in [0.25, 0.3) is 0 Å². The summed E-state index contributed by atoms with van der Waals surface area (Å²) in [4.78, 5) is 19.6. The number of furan rings is 1. The maximum Gasteiger partial charge on any atom is 0.165 e. The largest absolute Gasteiger partial charge is 0.456 e. The summed E-state index contributed by atoms with van der Waals surface area (Å²) < 4.78 is 8.44. The maximum atomic E-state index is 6.21. The fourth-order valence-electron chi connectivity index (χ4n) is 6.99. The predicted octanol–water partition coefficient (Wildman–Crippen LogP) is 10.9. The molecule has 6 heteroatoms. The van der Waals surface area contributed by atoms with Crippen LogP contribution in [0.4, 0.5) is 0 Å². The van der Waals surface area contributed by atoms with Crippen molar-refractivity contribution < 1.29 is 4.42 Å². The van der Waals surface area contributed by atoms with Crippen molar-refractivity contribution in [1.82, 2.24) is 24.5 Å². The highest BCUT2D eigenvalue weighted by atomic mass is 16.3. The van der Waals surface area contributed by atoms with Gasteiger partial charge in [-0.2, -0.15) is 0 Å². The van der Waals surface area contributed by atoms with E-state index in [2.05, 4.69) is 71.3 Å². The number of rotatable bonds is 5. The highest BCUT2D eigenvalue weighted by molar-refractivity contribution is 6.15. The molecular weight excluding hydrogens is 615 g/mol.